The zero-order chi connectivity index (χ0) is 20.4. The summed E-state index contributed by atoms with van der Waals surface area (Å²) in [5.41, 5.74) is 0.829. The maximum atomic E-state index is 12.7. The van der Waals surface area contributed by atoms with Gasteiger partial charge in [0.15, 0.2) is 0 Å². The molecule has 0 fully saturated rings. The van der Waals surface area contributed by atoms with Gasteiger partial charge in [-0.05, 0) is 30.5 Å². The van der Waals surface area contributed by atoms with Crippen LogP contribution in [0.3, 0.4) is 0 Å². The molecule has 1 amide bonds. The molecule has 1 rings (SSSR count). The fourth-order valence-corrected chi connectivity index (χ4v) is 3.67. The Kier molecular flexibility index (Phi) is 8.71. The monoisotopic (exact) mass is 388 g/mol. The van der Waals surface area contributed by atoms with Crippen molar-refractivity contribution >= 4 is 21.7 Å². The van der Waals surface area contributed by atoms with E-state index in [0.717, 1.165) is 5.56 Å². The van der Waals surface area contributed by atoms with E-state index in [-0.39, 0.29) is 23.0 Å². The number of hydrogen-bond acceptors (Lipinski definition) is 5. The molecule has 1 aromatic carbocycles. The number of sulfonamides is 1. The topological polar surface area (TPSA) is 95.3 Å². The highest BCUT2D eigenvalue weighted by Crippen LogP contribution is 2.19. The third-order valence-corrected chi connectivity index (χ3v) is 5.80. The quantitative estimate of drug-likeness (QED) is 0.349. The molecule has 0 aliphatic heterocycles. The zero-order valence-electron chi connectivity index (χ0n) is 15.6. The van der Waals surface area contributed by atoms with Crippen LogP contribution in [0.4, 0.5) is 0 Å². The van der Waals surface area contributed by atoms with Crippen molar-refractivity contribution in [3.05, 3.63) is 29.8 Å². The molecule has 0 heterocycles. The van der Waals surface area contributed by atoms with Crippen LogP contribution < -0.4 is 0 Å². The van der Waals surface area contributed by atoms with Crippen molar-refractivity contribution in [3.8, 4) is 18.4 Å². The summed E-state index contributed by atoms with van der Waals surface area (Å²) in [4.78, 5) is 23.9. The molecule has 0 aliphatic rings. The maximum absolute atomic E-state index is 12.7. The number of hydrogen-bond donors (Lipinski definition) is 0. The Balaban J connectivity index is 2.93. The predicted octanol–water partition coefficient (Wildman–Crippen LogP) is 2.69. The standard InChI is InChI=1S/C20H24N2O4S/c1-4-5-6-7-20(24)22(15-14-21)27(25,26)18-11-8-17(9-12-18)10-13-19(23)16(2)3/h1,8-9,11-12,16H,5-7,10,13,15H2,2-3H3. The summed E-state index contributed by atoms with van der Waals surface area (Å²) in [6.07, 6.45) is 6.71. The lowest BCUT2D eigenvalue weighted by Gasteiger charge is -2.19. The highest BCUT2D eigenvalue weighted by Gasteiger charge is 2.28. The number of carbonyl (C=O) groups is 2. The van der Waals surface area contributed by atoms with E-state index < -0.39 is 22.5 Å². The van der Waals surface area contributed by atoms with E-state index >= 15 is 0 Å². The maximum Gasteiger partial charge on any atom is 0.267 e. The molecule has 1 aromatic rings. The Hall–Kier alpha value is -2.64. The van der Waals surface area contributed by atoms with Crippen molar-refractivity contribution in [2.45, 2.75) is 50.8 Å². The Morgan fingerprint density at radius 3 is 2.33 bits per heavy atom. The minimum Gasteiger partial charge on any atom is -0.299 e. The number of unbranched alkanes of at least 4 members (excludes halogenated alkanes) is 1. The Bertz CT molecular complexity index is 843. The van der Waals surface area contributed by atoms with Gasteiger partial charge < -0.3 is 0 Å². The minimum atomic E-state index is -4.12. The summed E-state index contributed by atoms with van der Waals surface area (Å²) in [5, 5.41) is 8.91. The highest BCUT2D eigenvalue weighted by atomic mass is 32.2. The first kappa shape index (κ1) is 22.4. The molecule has 7 heteroatoms. The van der Waals surface area contributed by atoms with Gasteiger partial charge in [-0.2, -0.15) is 5.26 Å². The molecule has 0 spiro atoms. The normalized spacial score (nSPS) is 10.9. The van der Waals surface area contributed by atoms with Gasteiger partial charge in [0.1, 0.15) is 12.3 Å². The van der Waals surface area contributed by atoms with Gasteiger partial charge in [0.05, 0.1) is 11.0 Å². The van der Waals surface area contributed by atoms with Crippen LogP contribution in [-0.4, -0.2) is 31.0 Å². The van der Waals surface area contributed by atoms with Crippen molar-refractivity contribution in [3.63, 3.8) is 0 Å². The van der Waals surface area contributed by atoms with Crippen LogP contribution in [0.1, 0.15) is 45.1 Å². The summed E-state index contributed by atoms with van der Waals surface area (Å²) in [5.74, 6) is 1.84. The second-order valence-electron chi connectivity index (χ2n) is 6.39. The van der Waals surface area contributed by atoms with Crippen LogP contribution in [0.2, 0.25) is 0 Å². The number of Topliss-reactive ketones (excluding diaryl/α,β-unsaturated/α-hetero) is 1. The summed E-state index contributed by atoms with van der Waals surface area (Å²) in [7, 11) is -4.12. The Morgan fingerprint density at radius 1 is 1.19 bits per heavy atom. The molecule has 0 atom stereocenters. The second-order valence-corrected chi connectivity index (χ2v) is 8.25. The number of amides is 1. The lowest BCUT2D eigenvalue weighted by atomic mass is 10.0. The molecule has 0 saturated heterocycles. The summed E-state index contributed by atoms with van der Waals surface area (Å²) in [6.45, 7) is 3.12. The molecule has 144 valence electrons. The van der Waals surface area contributed by atoms with E-state index in [1.54, 1.807) is 18.2 Å². The van der Waals surface area contributed by atoms with Gasteiger partial charge in [-0.25, -0.2) is 12.7 Å². The molecule has 6 nitrogen and oxygen atoms in total. The van der Waals surface area contributed by atoms with E-state index in [2.05, 4.69) is 5.92 Å². The van der Waals surface area contributed by atoms with Crippen LogP contribution in [0.15, 0.2) is 29.2 Å². The van der Waals surface area contributed by atoms with Gasteiger partial charge in [-0.3, -0.25) is 9.59 Å². The van der Waals surface area contributed by atoms with E-state index in [0.29, 0.717) is 30.0 Å². The number of nitriles is 1. The average molecular weight is 388 g/mol. The van der Waals surface area contributed by atoms with Gasteiger partial charge in [0.2, 0.25) is 5.91 Å². The largest absolute Gasteiger partial charge is 0.299 e. The number of nitrogens with zero attached hydrogens (tertiary/aromatic N) is 2. The number of carbonyl (C=O) groups excluding carboxylic acids is 2. The number of rotatable bonds is 10. The Morgan fingerprint density at radius 2 is 1.81 bits per heavy atom. The first-order valence-electron chi connectivity index (χ1n) is 8.71. The van der Waals surface area contributed by atoms with Crippen molar-refractivity contribution in [1.29, 1.82) is 5.26 Å². The smallest absolute Gasteiger partial charge is 0.267 e. The summed E-state index contributed by atoms with van der Waals surface area (Å²) in [6, 6.07) is 7.74. The number of ketones is 1. The van der Waals surface area contributed by atoms with Gasteiger partial charge >= 0.3 is 0 Å². The SMILES string of the molecule is C#CCCCC(=O)N(CC#N)S(=O)(=O)c1ccc(CCC(=O)C(C)C)cc1. The van der Waals surface area contributed by atoms with Crippen molar-refractivity contribution in [2.24, 2.45) is 5.92 Å². The van der Waals surface area contributed by atoms with Crippen molar-refractivity contribution in [2.75, 3.05) is 6.54 Å². The fourth-order valence-electron chi connectivity index (χ4n) is 2.35. The number of terminal acetylenes is 1. The second kappa shape index (κ2) is 10.5. The molecule has 0 N–H and O–H groups in total. The van der Waals surface area contributed by atoms with Crippen molar-refractivity contribution in [1.82, 2.24) is 4.31 Å². The van der Waals surface area contributed by atoms with Crippen LogP contribution in [0.25, 0.3) is 0 Å². The third kappa shape index (κ3) is 6.54. The molecule has 0 aliphatic carbocycles. The van der Waals surface area contributed by atoms with Gasteiger partial charge in [-0.1, -0.05) is 26.0 Å². The van der Waals surface area contributed by atoms with Crippen LogP contribution in [0.5, 0.6) is 0 Å². The average Bonchev–Trinajstić information content (AvgIpc) is 2.64. The van der Waals surface area contributed by atoms with E-state index in [1.165, 1.54) is 12.1 Å². The Labute approximate surface area is 161 Å². The zero-order valence-corrected chi connectivity index (χ0v) is 16.5. The minimum absolute atomic E-state index is 0.0373. The van der Waals surface area contributed by atoms with Crippen LogP contribution in [-0.2, 0) is 26.0 Å². The lowest BCUT2D eigenvalue weighted by molar-refractivity contribution is -0.126. The molecule has 27 heavy (non-hydrogen) atoms. The van der Waals surface area contributed by atoms with Crippen LogP contribution >= 0.6 is 0 Å². The van der Waals surface area contributed by atoms with Gasteiger partial charge in [0.25, 0.3) is 10.0 Å². The first-order chi connectivity index (χ1) is 12.7. The highest BCUT2D eigenvalue weighted by molar-refractivity contribution is 7.89. The number of aryl methyl sites for hydroxylation is 1. The molecule has 0 saturated carbocycles. The van der Waals surface area contributed by atoms with Crippen LogP contribution in [0, 0.1) is 29.6 Å². The number of benzene rings is 1. The molecule has 0 bridgehead atoms. The third-order valence-electron chi connectivity index (χ3n) is 4.02. The summed E-state index contributed by atoms with van der Waals surface area (Å²) < 4.78 is 26.0. The van der Waals surface area contributed by atoms with Crippen molar-refractivity contribution < 1.29 is 18.0 Å². The van der Waals surface area contributed by atoms with E-state index in [4.69, 9.17) is 11.7 Å². The molecular formula is C20H24N2O4S. The van der Waals surface area contributed by atoms with Gasteiger partial charge in [0, 0.05) is 25.2 Å². The van der Waals surface area contributed by atoms with E-state index in [1.807, 2.05) is 13.8 Å². The summed E-state index contributed by atoms with van der Waals surface area (Å²) >= 11 is 0. The molecule has 0 aromatic heterocycles. The molecular weight excluding hydrogens is 364 g/mol. The molecule has 0 radical (unpaired) electrons. The predicted molar refractivity (Wildman–Crippen MR) is 102 cm³/mol. The lowest BCUT2D eigenvalue weighted by Crippen LogP contribution is -2.37. The molecule has 0 unspecified atom stereocenters. The first-order valence-corrected chi connectivity index (χ1v) is 10.2. The van der Waals surface area contributed by atoms with Gasteiger partial charge in [-0.15, -0.1) is 12.3 Å². The fraction of sp³-hybridized carbons (Fsp3) is 0.450. The van der Waals surface area contributed by atoms with E-state index in [9.17, 15) is 18.0 Å².